The Balaban J connectivity index is 1.81. The molecule has 7 heteroatoms. The third kappa shape index (κ3) is 2.27. The largest absolute Gasteiger partial charge is 0.321 e. The highest BCUT2D eigenvalue weighted by Gasteiger charge is 2.30. The van der Waals surface area contributed by atoms with Gasteiger partial charge in [-0.3, -0.25) is 4.79 Å². The maximum absolute atomic E-state index is 13.8. The summed E-state index contributed by atoms with van der Waals surface area (Å²) < 4.78 is 67.4. The molecule has 0 aromatic heterocycles. The molecule has 1 aliphatic rings. The monoisotopic (exact) mass is 363 g/mol. The third-order valence-electron chi connectivity index (χ3n) is 4.56. The minimum atomic E-state index is -2.30. The van der Waals surface area contributed by atoms with E-state index in [0.717, 1.165) is 29.4 Å². The first kappa shape index (κ1) is 16.5. The van der Waals surface area contributed by atoms with Crippen LogP contribution < -0.4 is 5.32 Å². The summed E-state index contributed by atoms with van der Waals surface area (Å²) in [6.07, 6.45) is 1.67. The molecule has 132 valence electrons. The predicted molar refractivity (Wildman–Crippen MR) is 85.5 cm³/mol. The van der Waals surface area contributed by atoms with Crippen LogP contribution in [0.2, 0.25) is 0 Å². The maximum Gasteiger partial charge on any atom is 0.261 e. The second kappa shape index (κ2) is 5.79. The molecule has 0 spiro atoms. The number of hydrogen-bond donors (Lipinski definition) is 1. The van der Waals surface area contributed by atoms with Crippen molar-refractivity contribution in [1.29, 1.82) is 0 Å². The summed E-state index contributed by atoms with van der Waals surface area (Å²) in [5.74, 6) is -12.4. The molecule has 0 radical (unpaired) electrons. The molecule has 0 unspecified atom stereocenters. The highest BCUT2D eigenvalue weighted by molar-refractivity contribution is 6.10. The van der Waals surface area contributed by atoms with Gasteiger partial charge in [0.2, 0.25) is 5.82 Å². The Morgan fingerprint density at radius 1 is 0.769 bits per heavy atom. The van der Waals surface area contributed by atoms with Crippen LogP contribution in [0.4, 0.5) is 27.6 Å². The maximum atomic E-state index is 13.8. The van der Waals surface area contributed by atoms with Gasteiger partial charge in [-0.15, -0.1) is 0 Å². The number of carbonyl (C=O) groups excluding carboxylic acids is 1. The van der Waals surface area contributed by atoms with Crippen molar-refractivity contribution < 1.29 is 26.7 Å². The number of rotatable bonds is 2. The second-order valence-corrected chi connectivity index (χ2v) is 6.01. The standard InChI is InChI=1S/C19H10F5NO/c20-14-13(15(21)17(23)18(24)16(14)22)19(26)25-11-7-6-9-5-4-8-2-1-3-10(11)12(8)9/h1-3,6-7H,4-5H2,(H,25,26). The van der Waals surface area contributed by atoms with Crippen molar-refractivity contribution in [2.45, 2.75) is 12.8 Å². The van der Waals surface area contributed by atoms with Crippen LogP contribution in [-0.4, -0.2) is 5.91 Å². The smallest absolute Gasteiger partial charge is 0.261 e. The fourth-order valence-corrected chi connectivity index (χ4v) is 3.34. The van der Waals surface area contributed by atoms with E-state index in [1.807, 2.05) is 6.07 Å². The van der Waals surface area contributed by atoms with E-state index in [2.05, 4.69) is 5.32 Å². The van der Waals surface area contributed by atoms with Crippen LogP contribution in [0.5, 0.6) is 0 Å². The van der Waals surface area contributed by atoms with Crippen LogP contribution in [0, 0.1) is 29.1 Å². The van der Waals surface area contributed by atoms with Gasteiger partial charge in [-0.05, 0) is 35.4 Å². The Hall–Kier alpha value is -2.96. The number of carbonyl (C=O) groups is 1. The summed E-state index contributed by atoms with van der Waals surface area (Å²) in [6, 6.07) is 8.76. The van der Waals surface area contributed by atoms with Crippen molar-refractivity contribution in [2.24, 2.45) is 0 Å². The Bertz CT molecular complexity index is 1050. The zero-order valence-electron chi connectivity index (χ0n) is 13.1. The lowest BCUT2D eigenvalue weighted by Gasteiger charge is -2.12. The van der Waals surface area contributed by atoms with E-state index in [0.29, 0.717) is 5.39 Å². The van der Waals surface area contributed by atoms with Gasteiger partial charge in [0.25, 0.3) is 5.91 Å². The Morgan fingerprint density at radius 3 is 2.00 bits per heavy atom. The molecule has 0 bridgehead atoms. The number of hydrogen-bond acceptors (Lipinski definition) is 1. The molecule has 0 fully saturated rings. The average molecular weight is 363 g/mol. The number of benzene rings is 3. The van der Waals surface area contributed by atoms with E-state index in [1.165, 1.54) is 0 Å². The van der Waals surface area contributed by atoms with Crippen LogP contribution >= 0.6 is 0 Å². The van der Waals surface area contributed by atoms with E-state index in [-0.39, 0.29) is 5.69 Å². The van der Waals surface area contributed by atoms with Gasteiger partial charge in [0.1, 0.15) is 5.56 Å². The second-order valence-electron chi connectivity index (χ2n) is 6.01. The zero-order chi connectivity index (χ0) is 18.6. The zero-order valence-corrected chi connectivity index (χ0v) is 13.1. The van der Waals surface area contributed by atoms with Gasteiger partial charge in [0.05, 0.1) is 0 Å². The van der Waals surface area contributed by atoms with Crippen molar-refractivity contribution in [3.63, 3.8) is 0 Å². The lowest BCUT2D eigenvalue weighted by atomic mass is 10.0. The van der Waals surface area contributed by atoms with Gasteiger partial charge >= 0.3 is 0 Å². The lowest BCUT2D eigenvalue weighted by molar-refractivity contribution is 0.101. The van der Waals surface area contributed by atoms with Gasteiger partial charge in [0.15, 0.2) is 23.3 Å². The minimum absolute atomic E-state index is 0.237. The van der Waals surface area contributed by atoms with Gasteiger partial charge < -0.3 is 5.32 Å². The molecule has 3 aromatic carbocycles. The molecular formula is C19H10F5NO. The van der Waals surface area contributed by atoms with E-state index in [4.69, 9.17) is 0 Å². The summed E-state index contributed by atoms with van der Waals surface area (Å²) in [5, 5.41) is 3.85. The number of nitrogens with one attached hydrogen (secondary N) is 1. The highest BCUT2D eigenvalue weighted by Crippen LogP contribution is 2.35. The van der Waals surface area contributed by atoms with Gasteiger partial charge in [-0.25, -0.2) is 22.0 Å². The van der Waals surface area contributed by atoms with Crippen molar-refractivity contribution >= 4 is 22.4 Å². The molecule has 26 heavy (non-hydrogen) atoms. The minimum Gasteiger partial charge on any atom is -0.321 e. The Morgan fingerprint density at radius 2 is 1.35 bits per heavy atom. The molecule has 0 atom stereocenters. The third-order valence-corrected chi connectivity index (χ3v) is 4.56. The van der Waals surface area contributed by atoms with Crippen LogP contribution in [0.25, 0.3) is 10.8 Å². The van der Waals surface area contributed by atoms with E-state index in [9.17, 15) is 26.7 Å². The summed E-state index contributed by atoms with van der Waals surface area (Å²) >= 11 is 0. The number of aryl methyl sites for hydroxylation is 2. The van der Waals surface area contributed by atoms with Gasteiger partial charge in [-0.2, -0.15) is 0 Å². The van der Waals surface area contributed by atoms with Crippen molar-refractivity contribution in [2.75, 3.05) is 5.32 Å². The summed E-state index contributed by atoms with van der Waals surface area (Å²) in [4.78, 5) is 12.3. The lowest BCUT2D eigenvalue weighted by Crippen LogP contribution is -2.19. The highest BCUT2D eigenvalue weighted by atomic mass is 19.2. The van der Waals surface area contributed by atoms with Crippen molar-refractivity contribution in [1.82, 2.24) is 0 Å². The molecule has 2 nitrogen and oxygen atoms in total. The predicted octanol–water partition coefficient (Wildman–Crippen LogP) is 4.89. The molecule has 0 saturated carbocycles. The average Bonchev–Trinajstić information content (AvgIpc) is 3.05. The number of amides is 1. The number of halogens is 5. The molecule has 0 aliphatic heterocycles. The molecule has 0 saturated heterocycles. The molecule has 1 aliphatic carbocycles. The summed E-state index contributed by atoms with van der Waals surface area (Å²) in [5.41, 5.74) is 0.876. The molecule has 4 rings (SSSR count). The first-order valence-corrected chi connectivity index (χ1v) is 7.76. The van der Waals surface area contributed by atoms with Crippen molar-refractivity contribution in [3.8, 4) is 0 Å². The van der Waals surface area contributed by atoms with E-state index >= 15 is 0 Å². The molecule has 0 heterocycles. The first-order valence-electron chi connectivity index (χ1n) is 7.76. The fourth-order valence-electron chi connectivity index (χ4n) is 3.34. The van der Waals surface area contributed by atoms with Gasteiger partial charge in [0, 0.05) is 11.1 Å². The Kier molecular flexibility index (Phi) is 3.68. The van der Waals surface area contributed by atoms with Crippen molar-refractivity contribution in [3.05, 3.63) is 76.1 Å². The van der Waals surface area contributed by atoms with Crippen LogP contribution in [0.1, 0.15) is 21.5 Å². The molecule has 1 amide bonds. The quantitative estimate of drug-likeness (QED) is 0.392. The van der Waals surface area contributed by atoms with Gasteiger partial charge in [-0.1, -0.05) is 24.3 Å². The Labute approximate surface area is 144 Å². The summed E-state index contributed by atoms with van der Waals surface area (Å²) in [6.45, 7) is 0. The van der Waals surface area contributed by atoms with E-state index < -0.39 is 40.6 Å². The summed E-state index contributed by atoms with van der Waals surface area (Å²) in [7, 11) is 0. The fraction of sp³-hybridized carbons (Fsp3) is 0.105. The van der Waals surface area contributed by atoms with Crippen LogP contribution in [0.15, 0.2) is 30.3 Å². The normalized spacial score (nSPS) is 12.7. The van der Waals surface area contributed by atoms with Crippen LogP contribution in [-0.2, 0) is 12.8 Å². The van der Waals surface area contributed by atoms with Crippen LogP contribution in [0.3, 0.4) is 0 Å². The topological polar surface area (TPSA) is 29.1 Å². The van der Waals surface area contributed by atoms with E-state index in [1.54, 1.807) is 24.3 Å². The number of anilines is 1. The molecular weight excluding hydrogens is 353 g/mol. The molecule has 3 aromatic rings. The first-order chi connectivity index (χ1) is 12.4. The SMILES string of the molecule is O=C(Nc1ccc2c3c(cccc13)CC2)c1c(F)c(F)c(F)c(F)c1F. The molecule has 1 N–H and O–H groups in total.